The molecule has 0 heterocycles. The number of hydrogen-bond acceptors (Lipinski definition) is 2. The second-order valence-corrected chi connectivity index (χ2v) is 5.81. The molecule has 0 amide bonds. The van der Waals surface area contributed by atoms with Crippen molar-refractivity contribution >= 4 is 27.5 Å². The Hall–Kier alpha value is -1.03. The Morgan fingerprint density at radius 1 is 1.25 bits per heavy atom. The summed E-state index contributed by atoms with van der Waals surface area (Å²) >= 11 is 9.70. The zero-order valence-corrected chi connectivity index (χ0v) is 13.8. The van der Waals surface area contributed by atoms with Gasteiger partial charge in [0.2, 0.25) is 0 Å². The van der Waals surface area contributed by atoms with Gasteiger partial charge in [0.05, 0.1) is 7.11 Å². The molecule has 20 heavy (non-hydrogen) atoms. The van der Waals surface area contributed by atoms with Gasteiger partial charge in [-0.15, -0.1) is 0 Å². The van der Waals surface area contributed by atoms with E-state index in [0.29, 0.717) is 0 Å². The summed E-state index contributed by atoms with van der Waals surface area (Å²) < 4.78 is 6.51. The second-order valence-electron chi connectivity index (χ2n) is 4.52. The Morgan fingerprint density at radius 3 is 2.65 bits per heavy atom. The van der Waals surface area contributed by atoms with Gasteiger partial charge in [-0.05, 0) is 48.9 Å². The molecule has 2 rings (SSSR count). The molecule has 2 aromatic carbocycles. The van der Waals surface area contributed by atoms with E-state index in [0.717, 1.165) is 27.2 Å². The van der Waals surface area contributed by atoms with E-state index < -0.39 is 0 Å². The lowest BCUT2D eigenvalue weighted by Gasteiger charge is -2.19. The molecule has 4 heteroatoms. The highest BCUT2D eigenvalue weighted by Crippen LogP contribution is 2.30. The molecule has 106 valence electrons. The maximum absolute atomic E-state index is 6.09. The Labute approximate surface area is 133 Å². The SMILES string of the molecule is CNC(Cc1cc(Cl)ccc1OC)c1ccccc1Br. The van der Waals surface area contributed by atoms with Gasteiger partial charge in [-0.25, -0.2) is 0 Å². The van der Waals surface area contributed by atoms with Crippen molar-refractivity contribution in [2.24, 2.45) is 0 Å². The van der Waals surface area contributed by atoms with Crippen LogP contribution in [-0.4, -0.2) is 14.2 Å². The van der Waals surface area contributed by atoms with Gasteiger partial charge in [0.1, 0.15) is 5.75 Å². The summed E-state index contributed by atoms with van der Waals surface area (Å²) in [5, 5.41) is 4.07. The fraction of sp³-hybridized carbons (Fsp3) is 0.250. The monoisotopic (exact) mass is 353 g/mol. The lowest BCUT2D eigenvalue weighted by Crippen LogP contribution is -2.19. The highest BCUT2D eigenvalue weighted by atomic mass is 79.9. The molecule has 2 aromatic rings. The van der Waals surface area contributed by atoms with Crippen molar-refractivity contribution in [1.82, 2.24) is 5.32 Å². The van der Waals surface area contributed by atoms with E-state index in [1.165, 1.54) is 5.56 Å². The van der Waals surface area contributed by atoms with Crippen molar-refractivity contribution in [1.29, 1.82) is 0 Å². The molecular formula is C16H17BrClNO. The van der Waals surface area contributed by atoms with Crippen molar-refractivity contribution in [3.8, 4) is 5.75 Å². The van der Waals surface area contributed by atoms with Crippen LogP contribution in [0.3, 0.4) is 0 Å². The van der Waals surface area contributed by atoms with E-state index >= 15 is 0 Å². The standard InChI is InChI=1S/C16H17BrClNO/c1-19-15(13-5-3-4-6-14(13)17)10-11-9-12(18)7-8-16(11)20-2/h3-9,15,19H,10H2,1-2H3. The minimum Gasteiger partial charge on any atom is -0.496 e. The van der Waals surface area contributed by atoms with Crippen molar-refractivity contribution in [2.75, 3.05) is 14.2 Å². The van der Waals surface area contributed by atoms with Gasteiger partial charge >= 0.3 is 0 Å². The minimum absolute atomic E-state index is 0.193. The Morgan fingerprint density at radius 2 is 2.00 bits per heavy atom. The van der Waals surface area contributed by atoms with Gasteiger partial charge in [-0.2, -0.15) is 0 Å². The van der Waals surface area contributed by atoms with Gasteiger partial charge in [0, 0.05) is 15.5 Å². The molecule has 1 N–H and O–H groups in total. The van der Waals surface area contributed by atoms with Crippen LogP contribution in [0.4, 0.5) is 0 Å². The van der Waals surface area contributed by atoms with E-state index in [1.54, 1.807) is 7.11 Å². The summed E-state index contributed by atoms with van der Waals surface area (Å²) in [6, 6.07) is 14.1. The maximum atomic E-state index is 6.09. The summed E-state index contributed by atoms with van der Waals surface area (Å²) in [5.41, 5.74) is 2.31. The van der Waals surface area contributed by atoms with Crippen LogP contribution in [-0.2, 0) is 6.42 Å². The highest BCUT2D eigenvalue weighted by molar-refractivity contribution is 9.10. The zero-order chi connectivity index (χ0) is 14.5. The molecule has 0 aliphatic carbocycles. The lowest BCUT2D eigenvalue weighted by molar-refractivity contribution is 0.406. The number of nitrogens with one attached hydrogen (secondary N) is 1. The van der Waals surface area contributed by atoms with Gasteiger partial charge in [-0.3, -0.25) is 0 Å². The average Bonchev–Trinajstić information content (AvgIpc) is 2.46. The molecule has 0 aromatic heterocycles. The first-order valence-corrected chi connectivity index (χ1v) is 7.57. The number of halogens is 2. The molecule has 0 bridgehead atoms. The average molecular weight is 355 g/mol. The van der Waals surface area contributed by atoms with E-state index in [4.69, 9.17) is 16.3 Å². The number of ether oxygens (including phenoxy) is 1. The number of likely N-dealkylation sites (N-methyl/N-ethyl adjacent to an activating group) is 1. The normalized spacial score (nSPS) is 12.2. The fourth-order valence-electron chi connectivity index (χ4n) is 2.25. The van der Waals surface area contributed by atoms with Crippen molar-refractivity contribution in [3.63, 3.8) is 0 Å². The van der Waals surface area contributed by atoms with Gasteiger partial charge in [0.15, 0.2) is 0 Å². The van der Waals surface area contributed by atoms with Crippen molar-refractivity contribution in [3.05, 3.63) is 63.1 Å². The maximum Gasteiger partial charge on any atom is 0.122 e. The fourth-order valence-corrected chi connectivity index (χ4v) is 3.01. The third-order valence-corrected chi connectivity index (χ3v) is 4.25. The van der Waals surface area contributed by atoms with Crippen LogP contribution >= 0.6 is 27.5 Å². The third kappa shape index (κ3) is 3.54. The third-order valence-electron chi connectivity index (χ3n) is 3.30. The zero-order valence-electron chi connectivity index (χ0n) is 11.5. The Balaban J connectivity index is 2.31. The van der Waals surface area contributed by atoms with Gasteiger partial charge < -0.3 is 10.1 Å². The lowest BCUT2D eigenvalue weighted by atomic mass is 9.98. The van der Waals surface area contributed by atoms with Crippen LogP contribution in [0.5, 0.6) is 5.75 Å². The number of rotatable bonds is 5. The molecule has 1 unspecified atom stereocenters. The van der Waals surface area contributed by atoms with E-state index in [2.05, 4.69) is 33.4 Å². The van der Waals surface area contributed by atoms with Gasteiger partial charge in [0.25, 0.3) is 0 Å². The molecule has 0 fully saturated rings. The number of hydrogen-bond donors (Lipinski definition) is 1. The molecule has 1 atom stereocenters. The molecular weight excluding hydrogens is 338 g/mol. The predicted octanol–water partition coefficient (Wildman–Crippen LogP) is 4.61. The molecule has 0 aliphatic heterocycles. The summed E-state index contributed by atoms with van der Waals surface area (Å²) in [6.45, 7) is 0. The van der Waals surface area contributed by atoms with Crippen molar-refractivity contribution < 1.29 is 4.74 Å². The van der Waals surface area contributed by atoms with Crippen LogP contribution in [0.1, 0.15) is 17.2 Å². The second kappa shape index (κ2) is 7.11. The molecule has 0 radical (unpaired) electrons. The van der Waals surface area contributed by atoms with Crippen LogP contribution in [0.25, 0.3) is 0 Å². The number of benzene rings is 2. The largest absolute Gasteiger partial charge is 0.496 e. The van der Waals surface area contributed by atoms with Crippen molar-refractivity contribution in [2.45, 2.75) is 12.5 Å². The first-order valence-electron chi connectivity index (χ1n) is 6.39. The van der Waals surface area contributed by atoms with E-state index in [-0.39, 0.29) is 6.04 Å². The topological polar surface area (TPSA) is 21.3 Å². The molecule has 0 saturated carbocycles. The van der Waals surface area contributed by atoms with Crippen LogP contribution in [0, 0.1) is 0 Å². The quantitative estimate of drug-likeness (QED) is 0.846. The highest BCUT2D eigenvalue weighted by Gasteiger charge is 2.15. The van der Waals surface area contributed by atoms with Crippen LogP contribution in [0.15, 0.2) is 46.9 Å². The number of methoxy groups -OCH3 is 1. The van der Waals surface area contributed by atoms with Gasteiger partial charge in [-0.1, -0.05) is 45.7 Å². The smallest absolute Gasteiger partial charge is 0.122 e. The molecule has 0 saturated heterocycles. The molecule has 0 aliphatic rings. The van der Waals surface area contributed by atoms with Crippen LogP contribution in [0.2, 0.25) is 5.02 Å². The van der Waals surface area contributed by atoms with E-state index in [9.17, 15) is 0 Å². The summed E-state index contributed by atoms with van der Waals surface area (Å²) in [4.78, 5) is 0. The summed E-state index contributed by atoms with van der Waals surface area (Å²) in [6.07, 6.45) is 0.808. The summed E-state index contributed by atoms with van der Waals surface area (Å²) in [7, 11) is 3.64. The first-order chi connectivity index (χ1) is 9.65. The first kappa shape index (κ1) is 15.4. The van der Waals surface area contributed by atoms with Crippen LogP contribution < -0.4 is 10.1 Å². The Kier molecular flexibility index (Phi) is 5.46. The van der Waals surface area contributed by atoms with E-state index in [1.807, 2.05) is 37.4 Å². The minimum atomic E-state index is 0.193. The Bertz CT molecular complexity index is 588. The molecule has 0 spiro atoms. The predicted molar refractivity (Wildman–Crippen MR) is 87.7 cm³/mol. The summed E-state index contributed by atoms with van der Waals surface area (Å²) in [5.74, 6) is 0.863. The molecule has 2 nitrogen and oxygen atoms in total.